The Kier molecular flexibility index (Phi) is 5.06. The summed E-state index contributed by atoms with van der Waals surface area (Å²) in [6.45, 7) is 8.97. The van der Waals surface area contributed by atoms with E-state index in [2.05, 4.69) is 27.2 Å². The molecule has 1 heterocycles. The summed E-state index contributed by atoms with van der Waals surface area (Å²) < 4.78 is 27.6. The summed E-state index contributed by atoms with van der Waals surface area (Å²) in [5.74, 6) is 1.06. The van der Waals surface area contributed by atoms with Crippen molar-refractivity contribution in [2.24, 2.45) is 11.8 Å². The quantitative estimate of drug-likeness (QED) is 0.679. The van der Waals surface area contributed by atoms with Crippen LogP contribution < -0.4 is 10.0 Å². The van der Waals surface area contributed by atoms with Crippen molar-refractivity contribution < 1.29 is 8.42 Å². The Morgan fingerprint density at radius 1 is 1.33 bits per heavy atom. The van der Waals surface area contributed by atoms with Crippen LogP contribution in [0.15, 0.2) is 5.03 Å². The lowest BCUT2D eigenvalue weighted by Gasteiger charge is -2.13. The third-order valence-electron chi connectivity index (χ3n) is 4.00. The Labute approximate surface area is 127 Å². The van der Waals surface area contributed by atoms with Gasteiger partial charge in [-0.2, -0.15) is 5.10 Å². The number of aryl methyl sites for hydroxylation is 1. The maximum atomic E-state index is 12.4. The van der Waals surface area contributed by atoms with E-state index in [9.17, 15) is 8.42 Å². The molecule has 1 atom stereocenters. The first-order chi connectivity index (χ1) is 9.81. The monoisotopic (exact) mass is 314 g/mol. The molecule has 120 valence electrons. The maximum absolute atomic E-state index is 12.4. The van der Waals surface area contributed by atoms with E-state index in [1.165, 1.54) is 12.8 Å². The molecule has 0 aromatic carbocycles. The fourth-order valence-electron chi connectivity index (χ4n) is 2.31. The number of hydrogen-bond acceptors (Lipinski definition) is 4. The number of hydrogen-bond donors (Lipinski definition) is 3. The lowest BCUT2D eigenvalue weighted by molar-refractivity contribution is 0.490. The van der Waals surface area contributed by atoms with Crippen molar-refractivity contribution in [3.63, 3.8) is 0 Å². The fourth-order valence-corrected chi connectivity index (χ4v) is 3.64. The van der Waals surface area contributed by atoms with Gasteiger partial charge in [0.05, 0.1) is 0 Å². The van der Waals surface area contributed by atoms with Gasteiger partial charge in [0.2, 0.25) is 0 Å². The third-order valence-corrected chi connectivity index (χ3v) is 5.39. The largest absolute Gasteiger partial charge is 0.310 e. The van der Waals surface area contributed by atoms with E-state index in [1.54, 1.807) is 0 Å². The van der Waals surface area contributed by atoms with Crippen LogP contribution in [0.2, 0.25) is 0 Å². The van der Waals surface area contributed by atoms with Crippen molar-refractivity contribution in [3.8, 4) is 0 Å². The summed E-state index contributed by atoms with van der Waals surface area (Å²) in [5, 5.41) is 10.1. The number of aromatic nitrogens is 2. The van der Waals surface area contributed by atoms with Crippen molar-refractivity contribution in [3.05, 3.63) is 11.3 Å². The standard InChI is InChI=1S/C14H26N4O2S/c1-9(2)15-8-13-11(4)17-18-14(13)21(19,20)16-7-10(3)12-5-6-12/h9-10,12,15-16H,5-8H2,1-4H3,(H,17,18). The predicted molar refractivity (Wildman–Crippen MR) is 82.4 cm³/mol. The molecule has 0 spiro atoms. The second kappa shape index (κ2) is 6.46. The molecule has 0 saturated heterocycles. The molecule has 1 unspecified atom stereocenters. The molecule has 6 nitrogen and oxygen atoms in total. The van der Waals surface area contributed by atoms with Crippen molar-refractivity contribution in [1.29, 1.82) is 0 Å². The minimum Gasteiger partial charge on any atom is -0.310 e. The van der Waals surface area contributed by atoms with Gasteiger partial charge in [-0.15, -0.1) is 0 Å². The highest BCUT2D eigenvalue weighted by atomic mass is 32.2. The first kappa shape index (κ1) is 16.5. The van der Waals surface area contributed by atoms with Gasteiger partial charge in [0.25, 0.3) is 10.0 Å². The molecule has 0 radical (unpaired) electrons. The molecule has 1 aliphatic carbocycles. The molecule has 0 amide bonds. The Hall–Kier alpha value is -0.920. The second-order valence-electron chi connectivity index (χ2n) is 6.33. The van der Waals surface area contributed by atoms with Crippen molar-refractivity contribution in [1.82, 2.24) is 20.2 Å². The van der Waals surface area contributed by atoms with Gasteiger partial charge in [-0.3, -0.25) is 5.10 Å². The van der Waals surface area contributed by atoms with Crippen LogP contribution >= 0.6 is 0 Å². The Morgan fingerprint density at radius 3 is 2.57 bits per heavy atom. The van der Waals surface area contributed by atoms with Gasteiger partial charge in [-0.25, -0.2) is 13.1 Å². The number of aromatic amines is 1. The summed E-state index contributed by atoms with van der Waals surface area (Å²) in [6.07, 6.45) is 2.43. The number of nitrogens with one attached hydrogen (secondary N) is 3. The molecule has 7 heteroatoms. The van der Waals surface area contributed by atoms with Gasteiger partial charge in [-0.1, -0.05) is 20.8 Å². The van der Waals surface area contributed by atoms with Crippen molar-refractivity contribution >= 4 is 10.0 Å². The van der Waals surface area contributed by atoms with Crippen LogP contribution in [-0.4, -0.2) is 31.2 Å². The lowest BCUT2D eigenvalue weighted by atomic mass is 10.1. The zero-order chi connectivity index (χ0) is 15.6. The Morgan fingerprint density at radius 2 is 2.00 bits per heavy atom. The predicted octanol–water partition coefficient (Wildman–Crippen LogP) is 1.54. The molecule has 1 aromatic heterocycles. The van der Waals surface area contributed by atoms with Gasteiger partial charge in [-0.05, 0) is 31.6 Å². The van der Waals surface area contributed by atoms with Gasteiger partial charge < -0.3 is 5.32 Å². The lowest BCUT2D eigenvalue weighted by Crippen LogP contribution is -2.31. The summed E-state index contributed by atoms with van der Waals surface area (Å²) in [5.41, 5.74) is 1.51. The van der Waals surface area contributed by atoms with Gasteiger partial charge >= 0.3 is 0 Å². The highest BCUT2D eigenvalue weighted by Crippen LogP contribution is 2.36. The highest BCUT2D eigenvalue weighted by molar-refractivity contribution is 7.89. The van der Waals surface area contributed by atoms with Crippen LogP contribution in [0.5, 0.6) is 0 Å². The Balaban J connectivity index is 2.07. The highest BCUT2D eigenvalue weighted by Gasteiger charge is 2.30. The van der Waals surface area contributed by atoms with Crippen LogP contribution in [0.1, 0.15) is 44.9 Å². The molecule has 2 rings (SSSR count). The van der Waals surface area contributed by atoms with Gasteiger partial charge in [0, 0.05) is 30.4 Å². The summed E-state index contributed by atoms with van der Waals surface area (Å²) in [7, 11) is -3.55. The van der Waals surface area contributed by atoms with E-state index in [0.29, 0.717) is 24.9 Å². The average Bonchev–Trinajstić information content (AvgIpc) is 3.18. The van der Waals surface area contributed by atoms with E-state index in [-0.39, 0.29) is 11.1 Å². The third kappa shape index (κ3) is 4.28. The summed E-state index contributed by atoms with van der Waals surface area (Å²) in [4.78, 5) is 0. The SMILES string of the molecule is Cc1[nH]nc(S(=O)(=O)NCC(C)C2CC2)c1CNC(C)C. The minimum absolute atomic E-state index is 0.121. The number of sulfonamides is 1. The van der Waals surface area contributed by atoms with E-state index < -0.39 is 10.0 Å². The normalized spacial score (nSPS) is 17.4. The zero-order valence-electron chi connectivity index (χ0n) is 13.2. The molecule has 1 aromatic rings. The van der Waals surface area contributed by atoms with E-state index in [4.69, 9.17) is 0 Å². The van der Waals surface area contributed by atoms with Crippen LogP contribution in [0.3, 0.4) is 0 Å². The molecular formula is C14H26N4O2S. The topological polar surface area (TPSA) is 86.9 Å². The van der Waals surface area contributed by atoms with E-state index in [0.717, 1.165) is 11.3 Å². The Bertz CT molecular complexity index is 576. The van der Waals surface area contributed by atoms with Crippen LogP contribution in [0.4, 0.5) is 0 Å². The molecular weight excluding hydrogens is 288 g/mol. The maximum Gasteiger partial charge on any atom is 0.260 e. The molecule has 0 aliphatic heterocycles. The smallest absolute Gasteiger partial charge is 0.260 e. The molecule has 1 fully saturated rings. The number of rotatable bonds is 8. The molecule has 1 saturated carbocycles. The zero-order valence-corrected chi connectivity index (χ0v) is 14.0. The van der Waals surface area contributed by atoms with Crippen molar-refractivity contribution in [2.45, 2.75) is 58.1 Å². The van der Waals surface area contributed by atoms with E-state index in [1.807, 2.05) is 20.8 Å². The molecule has 3 N–H and O–H groups in total. The number of H-pyrrole nitrogens is 1. The van der Waals surface area contributed by atoms with Crippen molar-refractivity contribution in [2.75, 3.05) is 6.54 Å². The fraction of sp³-hybridized carbons (Fsp3) is 0.786. The number of nitrogens with zero attached hydrogens (tertiary/aromatic N) is 1. The molecule has 1 aliphatic rings. The van der Waals surface area contributed by atoms with Crippen LogP contribution in [-0.2, 0) is 16.6 Å². The summed E-state index contributed by atoms with van der Waals surface area (Å²) in [6, 6.07) is 0.290. The summed E-state index contributed by atoms with van der Waals surface area (Å²) >= 11 is 0. The second-order valence-corrected chi connectivity index (χ2v) is 8.02. The molecule has 0 bridgehead atoms. The van der Waals surface area contributed by atoms with Crippen LogP contribution in [0, 0.1) is 18.8 Å². The minimum atomic E-state index is -3.55. The average molecular weight is 314 g/mol. The van der Waals surface area contributed by atoms with Crippen LogP contribution in [0.25, 0.3) is 0 Å². The van der Waals surface area contributed by atoms with Gasteiger partial charge in [0.1, 0.15) is 0 Å². The van der Waals surface area contributed by atoms with Gasteiger partial charge in [0.15, 0.2) is 5.03 Å². The first-order valence-electron chi connectivity index (χ1n) is 7.58. The first-order valence-corrected chi connectivity index (χ1v) is 9.06. The van der Waals surface area contributed by atoms with E-state index >= 15 is 0 Å². The molecule has 21 heavy (non-hydrogen) atoms.